The molecule has 1 amide bonds. The first-order valence-electron chi connectivity index (χ1n) is 8.65. The second kappa shape index (κ2) is 6.64. The molecule has 0 spiro atoms. The Bertz CT molecular complexity index is 795. The molecule has 0 bridgehead atoms. The summed E-state index contributed by atoms with van der Waals surface area (Å²) in [4.78, 5) is 31.9. The van der Waals surface area contributed by atoms with E-state index in [0.29, 0.717) is 12.5 Å². The number of fused-ring (bicyclic) bond motifs is 1. The number of aromatic nitrogens is 2. The van der Waals surface area contributed by atoms with Crippen LogP contribution >= 0.6 is 11.3 Å². The van der Waals surface area contributed by atoms with Gasteiger partial charge in [-0.25, -0.2) is 4.98 Å². The predicted molar refractivity (Wildman–Crippen MR) is 93.1 cm³/mol. The number of carbonyl (C=O) groups excluding carboxylic acids is 1. The van der Waals surface area contributed by atoms with E-state index < -0.39 is 0 Å². The van der Waals surface area contributed by atoms with E-state index in [2.05, 4.69) is 15.2 Å². The summed E-state index contributed by atoms with van der Waals surface area (Å²) in [7, 11) is 0. The molecule has 2 aromatic heterocycles. The highest BCUT2D eigenvalue weighted by molar-refractivity contribution is 7.15. The van der Waals surface area contributed by atoms with Crippen molar-refractivity contribution in [3.05, 3.63) is 33.7 Å². The Morgan fingerprint density at radius 3 is 3.08 bits per heavy atom. The molecule has 24 heavy (non-hydrogen) atoms. The van der Waals surface area contributed by atoms with Crippen LogP contribution in [-0.2, 0) is 11.3 Å². The highest BCUT2D eigenvalue weighted by atomic mass is 32.1. The fourth-order valence-electron chi connectivity index (χ4n) is 3.32. The molecular weight excluding hydrogens is 324 g/mol. The van der Waals surface area contributed by atoms with Gasteiger partial charge in [0.2, 0.25) is 5.91 Å². The Kier molecular flexibility index (Phi) is 4.37. The van der Waals surface area contributed by atoms with E-state index in [-0.39, 0.29) is 17.4 Å². The van der Waals surface area contributed by atoms with Gasteiger partial charge in [-0.3, -0.25) is 18.9 Å². The summed E-state index contributed by atoms with van der Waals surface area (Å²) < 4.78 is 1.57. The minimum Gasteiger partial charge on any atom is -0.356 e. The number of amides is 1. The molecule has 1 saturated carbocycles. The van der Waals surface area contributed by atoms with Crippen molar-refractivity contribution in [2.75, 3.05) is 19.6 Å². The van der Waals surface area contributed by atoms with Crippen molar-refractivity contribution < 1.29 is 4.79 Å². The third-order valence-electron chi connectivity index (χ3n) is 4.88. The maximum Gasteiger partial charge on any atom is 0.258 e. The van der Waals surface area contributed by atoms with Gasteiger partial charge in [0.1, 0.15) is 0 Å². The second-order valence-corrected chi connectivity index (χ2v) is 7.78. The van der Waals surface area contributed by atoms with Gasteiger partial charge >= 0.3 is 0 Å². The standard InChI is InChI=1S/C17H22N4O2S/c22-15-8-14(19-17-21(15)6-7-24-17)11-20-5-1-2-13(10-20)16(23)18-9-12-3-4-12/h6-8,12-13H,1-5,9-11H2,(H,18,23)/t13-/m0/s1. The van der Waals surface area contributed by atoms with Crippen molar-refractivity contribution in [1.29, 1.82) is 0 Å². The number of likely N-dealkylation sites (tertiary alicyclic amines) is 1. The Balaban J connectivity index is 1.39. The molecule has 1 N–H and O–H groups in total. The van der Waals surface area contributed by atoms with Gasteiger partial charge in [-0.05, 0) is 38.1 Å². The van der Waals surface area contributed by atoms with Crippen molar-refractivity contribution in [2.24, 2.45) is 11.8 Å². The van der Waals surface area contributed by atoms with Crippen LogP contribution in [0.3, 0.4) is 0 Å². The maximum absolute atomic E-state index is 12.3. The lowest BCUT2D eigenvalue weighted by Crippen LogP contribution is -2.43. The zero-order chi connectivity index (χ0) is 16.5. The highest BCUT2D eigenvalue weighted by Gasteiger charge is 2.28. The third kappa shape index (κ3) is 3.52. The highest BCUT2D eigenvalue weighted by Crippen LogP contribution is 2.28. The van der Waals surface area contributed by atoms with Crippen molar-refractivity contribution >= 4 is 22.2 Å². The molecule has 6 nitrogen and oxygen atoms in total. The van der Waals surface area contributed by atoms with Crippen LogP contribution in [0, 0.1) is 11.8 Å². The van der Waals surface area contributed by atoms with Crippen LogP contribution in [0.5, 0.6) is 0 Å². The smallest absolute Gasteiger partial charge is 0.258 e. The minimum absolute atomic E-state index is 0.0352. The number of hydrogen-bond donors (Lipinski definition) is 1. The second-order valence-electron chi connectivity index (χ2n) is 6.90. The molecule has 2 aliphatic rings. The molecule has 0 unspecified atom stereocenters. The van der Waals surface area contributed by atoms with Crippen LogP contribution in [0.1, 0.15) is 31.4 Å². The molecule has 0 aromatic carbocycles. The monoisotopic (exact) mass is 346 g/mol. The number of hydrogen-bond acceptors (Lipinski definition) is 5. The molecule has 0 radical (unpaired) electrons. The van der Waals surface area contributed by atoms with Gasteiger partial charge in [-0.1, -0.05) is 0 Å². The van der Waals surface area contributed by atoms with Gasteiger partial charge in [-0.2, -0.15) is 0 Å². The molecule has 3 heterocycles. The molecule has 4 rings (SSSR count). The molecule has 128 valence electrons. The first-order valence-corrected chi connectivity index (χ1v) is 9.53. The number of nitrogens with one attached hydrogen (secondary N) is 1. The Morgan fingerprint density at radius 2 is 2.25 bits per heavy atom. The van der Waals surface area contributed by atoms with E-state index >= 15 is 0 Å². The lowest BCUT2D eigenvalue weighted by molar-refractivity contribution is -0.126. The maximum atomic E-state index is 12.3. The third-order valence-corrected chi connectivity index (χ3v) is 5.64. The Hall–Kier alpha value is -1.73. The Morgan fingerprint density at radius 1 is 1.38 bits per heavy atom. The number of nitrogens with zero attached hydrogens (tertiary/aromatic N) is 3. The average molecular weight is 346 g/mol. The summed E-state index contributed by atoms with van der Waals surface area (Å²) in [6, 6.07) is 1.61. The molecule has 1 saturated heterocycles. The summed E-state index contributed by atoms with van der Waals surface area (Å²) in [6.07, 6.45) is 6.22. The van der Waals surface area contributed by atoms with Gasteiger partial charge in [0.25, 0.3) is 5.56 Å². The quantitative estimate of drug-likeness (QED) is 0.891. The number of carbonyl (C=O) groups is 1. The van der Waals surface area contributed by atoms with Crippen molar-refractivity contribution in [1.82, 2.24) is 19.6 Å². The van der Waals surface area contributed by atoms with Crippen LogP contribution in [0.4, 0.5) is 0 Å². The van der Waals surface area contributed by atoms with E-state index in [0.717, 1.165) is 43.1 Å². The van der Waals surface area contributed by atoms with Crippen LogP contribution in [0.15, 0.2) is 22.4 Å². The van der Waals surface area contributed by atoms with E-state index in [1.165, 1.54) is 24.2 Å². The number of piperidine rings is 1. The number of thiazole rings is 1. The molecule has 1 aliphatic heterocycles. The molecule has 2 fully saturated rings. The predicted octanol–water partition coefficient (Wildman–Crippen LogP) is 1.49. The van der Waals surface area contributed by atoms with Gasteiger partial charge in [0.15, 0.2) is 4.96 Å². The van der Waals surface area contributed by atoms with Gasteiger partial charge in [-0.15, -0.1) is 11.3 Å². The van der Waals surface area contributed by atoms with Crippen LogP contribution in [0.2, 0.25) is 0 Å². The zero-order valence-corrected chi connectivity index (χ0v) is 14.4. The van der Waals surface area contributed by atoms with E-state index in [1.54, 1.807) is 16.7 Å². The average Bonchev–Trinajstić information content (AvgIpc) is 3.28. The fraction of sp³-hybridized carbons (Fsp3) is 0.588. The summed E-state index contributed by atoms with van der Waals surface area (Å²) >= 11 is 1.47. The summed E-state index contributed by atoms with van der Waals surface area (Å²) in [5.74, 6) is 0.959. The normalized spacial score (nSPS) is 21.9. The lowest BCUT2D eigenvalue weighted by atomic mass is 9.97. The summed E-state index contributed by atoms with van der Waals surface area (Å²) in [5.41, 5.74) is 0.758. The van der Waals surface area contributed by atoms with E-state index in [1.807, 2.05) is 5.38 Å². The first kappa shape index (κ1) is 15.8. The first-order chi connectivity index (χ1) is 11.7. The Labute approximate surface area is 144 Å². The van der Waals surface area contributed by atoms with Gasteiger partial charge in [0, 0.05) is 37.3 Å². The van der Waals surface area contributed by atoms with E-state index in [9.17, 15) is 9.59 Å². The van der Waals surface area contributed by atoms with Crippen LogP contribution in [0.25, 0.3) is 4.96 Å². The fourth-order valence-corrected chi connectivity index (χ4v) is 4.06. The van der Waals surface area contributed by atoms with Crippen LogP contribution in [-0.4, -0.2) is 39.8 Å². The summed E-state index contributed by atoms with van der Waals surface area (Å²) in [6.45, 7) is 3.18. The lowest BCUT2D eigenvalue weighted by Gasteiger charge is -2.31. The largest absolute Gasteiger partial charge is 0.356 e. The van der Waals surface area contributed by atoms with Crippen molar-refractivity contribution in [3.8, 4) is 0 Å². The van der Waals surface area contributed by atoms with Crippen molar-refractivity contribution in [2.45, 2.75) is 32.2 Å². The van der Waals surface area contributed by atoms with Gasteiger partial charge in [0.05, 0.1) is 11.6 Å². The molecule has 7 heteroatoms. The minimum atomic E-state index is -0.0352. The molecular formula is C17H22N4O2S. The topological polar surface area (TPSA) is 66.7 Å². The molecule has 1 atom stereocenters. The molecule has 1 aliphatic carbocycles. The van der Waals surface area contributed by atoms with Crippen LogP contribution < -0.4 is 10.9 Å². The van der Waals surface area contributed by atoms with Crippen molar-refractivity contribution in [3.63, 3.8) is 0 Å². The SMILES string of the molecule is O=C(NCC1CC1)[C@H]1CCCN(Cc2cc(=O)n3ccsc3n2)C1. The number of rotatable bonds is 5. The summed E-state index contributed by atoms with van der Waals surface area (Å²) in [5, 5.41) is 4.97. The molecule has 2 aromatic rings. The van der Waals surface area contributed by atoms with E-state index in [4.69, 9.17) is 0 Å². The zero-order valence-electron chi connectivity index (χ0n) is 13.6. The van der Waals surface area contributed by atoms with Gasteiger partial charge < -0.3 is 5.32 Å².